The van der Waals surface area contributed by atoms with Gasteiger partial charge in [-0.2, -0.15) is 0 Å². The Hall–Kier alpha value is -2.12. The number of nitrogens with one attached hydrogen (secondary N) is 1. The van der Waals surface area contributed by atoms with Gasteiger partial charge >= 0.3 is 0 Å². The van der Waals surface area contributed by atoms with Crippen molar-refractivity contribution in [3.63, 3.8) is 0 Å². The zero-order valence-electron chi connectivity index (χ0n) is 12.5. The average molecular weight is 337 g/mol. The second-order valence-corrected chi connectivity index (χ2v) is 6.86. The first-order valence-electron chi connectivity index (χ1n) is 7.14. The van der Waals surface area contributed by atoms with E-state index in [4.69, 9.17) is 9.47 Å². The summed E-state index contributed by atoms with van der Waals surface area (Å²) in [5, 5.41) is 0. The normalized spacial score (nSPS) is 15.2. The Labute approximate surface area is 134 Å². The van der Waals surface area contributed by atoms with Gasteiger partial charge in [-0.25, -0.2) is 17.5 Å². The van der Waals surface area contributed by atoms with Crippen LogP contribution >= 0.6 is 0 Å². The molecular weight excluding hydrogens is 321 g/mol. The molecule has 122 valence electrons. The van der Waals surface area contributed by atoms with Crippen LogP contribution in [-0.2, 0) is 10.0 Å². The maximum atomic E-state index is 13.7. The van der Waals surface area contributed by atoms with Crippen molar-refractivity contribution in [2.75, 3.05) is 13.2 Å². The van der Waals surface area contributed by atoms with Crippen molar-refractivity contribution in [1.82, 2.24) is 4.72 Å². The van der Waals surface area contributed by atoms with Gasteiger partial charge in [-0.15, -0.1) is 0 Å². The molecule has 0 unspecified atom stereocenters. The van der Waals surface area contributed by atoms with Crippen LogP contribution in [0.2, 0.25) is 0 Å². The molecule has 1 aliphatic rings. The molecule has 3 rings (SSSR count). The summed E-state index contributed by atoms with van der Waals surface area (Å²) < 4.78 is 51.7. The molecule has 0 saturated carbocycles. The van der Waals surface area contributed by atoms with Crippen molar-refractivity contribution in [1.29, 1.82) is 0 Å². The van der Waals surface area contributed by atoms with E-state index in [1.807, 2.05) is 0 Å². The third-order valence-corrected chi connectivity index (χ3v) is 5.10. The van der Waals surface area contributed by atoms with E-state index in [0.29, 0.717) is 30.3 Å². The van der Waals surface area contributed by atoms with Crippen LogP contribution in [0.4, 0.5) is 4.39 Å². The molecule has 1 aliphatic heterocycles. The van der Waals surface area contributed by atoms with Crippen LogP contribution in [0, 0.1) is 5.82 Å². The summed E-state index contributed by atoms with van der Waals surface area (Å²) in [6.45, 7) is 2.62. The number of hydrogen-bond acceptors (Lipinski definition) is 4. The average Bonchev–Trinajstić information content (AvgIpc) is 2.54. The first kappa shape index (κ1) is 15.8. The van der Waals surface area contributed by atoms with Crippen LogP contribution in [0.3, 0.4) is 0 Å². The molecule has 5 nitrogen and oxygen atoms in total. The minimum Gasteiger partial charge on any atom is -0.486 e. The van der Waals surface area contributed by atoms with E-state index >= 15 is 0 Å². The quantitative estimate of drug-likeness (QED) is 0.931. The van der Waals surface area contributed by atoms with Crippen LogP contribution < -0.4 is 14.2 Å². The number of hydrogen-bond donors (Lipinski definition) is 1. The zero-order chi connectivity index (χ0) is 16.4. The van der Waals surface area contributed by atoms with E-state index in [9.17, 15) is 12.8 Å². The monoisotopic (exact) mass is 337 g/mol. The van der Waals surface area contributed by atoms with Gasteiger partial charge in [0.2, 0.25) is 10.0 Å². The van der Waals surface area contributed by atoms with E-state index < -0.39 is 21.9 Å². The molecule has 0 aromatic heterocycles. The summed E-state index contributed by atoms with van der Waals surface area (Å²) in [7, 11) is -3.96. The summed E-state index contributed by atoms with van der Waals surface area (Å²) in [6.07, 6.45) is 0. The van der Waals surface area contributed by atoms with E-state index in [2.05, 4.69) is 4.72 Å². The fourth-order valence-corrected chi connectivity index (χ4v) is 3.67. The molecule has 0 aliphatic carbocycles. The lowest BCUT2D eigenvalue weighted by Gasteiger charge is -2.21. The molecule has 2 aromatic carbocycles. The van der Waals surface area contributed by atoms with E-state index in [0.717, 1.165) is 6.07 Å². The molecule has 23 heavy (non-hydrogen) atoms. The fraction of sp³-hybridized carbons (Fsp3) is 0.250. The predicted molar refractivity (Wildman–Crippen MR) is 82.6 cm³/mol. The van der Waals surface area contributed by atoms with Gasteiger partial charge in [0.15, 0.2) is 11.5 Å². The molecule has 0 spiro atoms. The van der Waals surface area contributed by atoms with Gasteiger partial charge in [0.1, 0.15) is 23.9 Å². The van der Waals surface area contributed by atoms with E-state index in [-0.39, 0.29) is 4.90 Å². The Morgan fingerprint density at radius 2 is 1.78 bits per heavy atom. The first-order chi connectivity index (χ1) is 11.0. The summed E-state index contributed by atoms with van der Waals surface area (Å²) in [5.74, 6) is 0.421. The van der Waals surface area contributed by atoms with Crippen molar-refractivity contribution in [2.45, 2.75) is 17.9 Å². The first-order valence-corrected chi connectivity index (χ1v) is 8.62. The largest absolute Gasteiger partial charge is 0.486 e. The van der Waals surface area contributed by atoms with E-state index in [1.54, 1.807) is 25.1 Å². The summed E-state index contributed by atoms with van der Waals surface area (Å²) in [4.78, 5) is -0.371. The minimum absolute atomic E-state index is 0.371. The molecule has 7 heteroatoms. The maximum absolute atomic E-state index is 13.7. The van der Waals surface area contributed by atoms with Crippen molar-refractivity contribution in [2.24, 2.45) is 0 Å². The van der Waals surface area contributed by atoms with Gasteiger partial charge in [-0.05, 0) is 36.8 Å². The van der Waals surface area contributed by atoms with Gasteiger partial charge in [0.25, 0.3) is 0 Å². The Morgan fingerprint density at radius 3 is 2.52 bits per heavy atom. The number of halogens is 1. The molecule has 0 fully saturated rings. The van der Waals surface area contributed by atoms with Crippen LogP contribution in [0.5, 0.6) is 11.5 Å². The molecule has 0 saturated heterocycles. The second-order valence-electron chi connectivity index (χ2n) is 5.18. The highest BCUT2D eigenvalue weighted by atomic mass is 32.2. The number of benzene rings is 2. The lowest BCUT2D eigenvalue weighted by molar-refractivity contribution is 0.171. The van der Waals surface area contributed by atoms with Crippen molar-refractivity contribution < 1.29 is 22.3 Å². The topological polar surface area (TPSA) is 64.6 Å². The van der Waals surface area contributed by atoms with Crippen LogP contribution in [0.15, 0.2) is 47.4 Å². The van der Waals surface area contributed by atoms with Gasteiger partial charge < -0.3 is 9.47 Å². The Morgan fingerprint density at radius 1 is 1.09 bits per heavy atom. The third-order valence-electron chi connectivity index (χ3n) is 3.52. The van der Waals surface area contributed by atoms with Crippen LogP contribution in [0.25, 0.3) is 0 Å². The van der Waals surface area contributed by atoms with Crippen molar-refractivity contribution >= 4 is 10.0 Å². The highest BCUT2D eigenvalue weighted by molar-refractivity contribution is 7.89. The molecule has 0 amide bonds. The smallest absolute Gasteiger partial charge is 0.244 e. The molecule has 0 bridgehead atoms. The second kappa shape index (κ2) is 6.17. The molecule has 1 N–H and O–H groups in total. The predicted octanol–water partition coefficient (Wildman–Crippen LogP) is 2.64. The van der Waals surface area contributed by atoms with Crippen LogP contribution in [-0.4, -0.2) is 21.6 Å². The van der Waals surface area contributed by atoms with Gasteiger partial charge in [-0.1, -0.05) is 18.2 Å². The summed E-state index contributed by atoms with van der Waals surface area (Å²) in [5.41, 5.74) is 0.703. The number of ether oxygens (including phenoxy) is 2. The highest BCUT2D eigenvalue weighted by Gasteiger charge is 2.22. The SMILES string of the molecule is C[C@@H](NS(=O)(=O)c1ccccc1F)c1ccc2c(c1)OCCO2. The van der Waals surface area contributed by atoms with Gasteiger partial charge in [0.05, 0.1) is 0 Å². The standard InChI is InChI=1S/C16H16FNO4S/c1-11(12-6-7-14-15(10-12)22-9-8-21-14)18-23(19,20)16-5-3-2-4-13(16)17/h2-7,10-11,18H,8-9H2,1H3/t11-/m1/s1. The molecule has 1 atom stereocenters. The lowest BCUT2D eigenvalue weighted by Crippen LogP contribution is -2.27. The maximum Gasteiger partial charge on any atom is 0.244 e. The molecular formula is C16H16FNO4S. The Kier molecular flexibility index (Phi) is 4.23. The zero-order valence-corrected chi connectivity index (χ0v) is 13.3. The number of fused-ring (bicyclic) bond motifs is 1. The minimum atomic E-state index is -3.96. The van der Waals surface area contributed by atoms with E-state index in [1.165, 1.54) is 18.2 Å². The number of sulfonamides is 1. The van der Waals surface area contributed by atoms with Crippen molar-refractivity contribution in [3.05, 3.63) is 53.8 Å². The molecule has 2 aromatic rings. The molecule has 0 radical (unpaired) electrons. The fourth-order valence-electron chi connectivity index (χ4n) is 2.36. The van der Waals surface area contributed by atoms with Crippen LogP contribution in [0.1, 0.15) is 18.5 Å². The number of rotatable bonds is 4. The van der Waals surface area contributed by atoms with Gasteiger partial charge in [0, 0.05) is 6.04 Å². The highest BCUT2D eigenvalue weighted by Crippen LogP contribution is 2.33. The Balaban J connectivity index is 1.84. The molecule has 1 heterocycles. The lowest BCUT2D eigenvalue weighted by atomic mass is 10.1. The van der Waals surface area contributed by atoms with Crippen molar-refractivity contribution in [3.8, 4) is 11.5 Å². The Bertz CT molecular complexity index is 823. The third kappa shape index (κ3) is 3.30. The summed E-state index contributed by atoms with van der Waals surface area (Å²) in [6, 6.07) is 9.93. The summed E-state index contributed by atoms with van der Waals surface area (Å²) >= 11 is 0. The van der Waals surface area contributed by atoms with Gasteiger partial charge in [-0.3, -0.25) is 0 Å².